The minimum absolute atomic E-state index is 0.0388. The fraction of sp³-hybridized carbons (Fsp3) is 0.188. The first-order valence-corrected chi connectivity index (χ1v) is 6.18. The molecule has 0 unspecified atom stereocenters. The Hall–Kier alpha value is -2.20. The molecule has 0 atom stereocenters. The van der Waals surface area contributed by atoms with Crippen molar-refractivity contribution in [3.8, 4) is 5.75 Å². The van der Waals surface area contributed by atoms with Gasteiger partial charge in [-0.1, -0.05) is 12.1 Å². The van der Waals surface area contributed by atoms with Crippen LogP contribution in [0.1, 0.15) is 15.9 Å². The van der Waals surface area contributed by atoms with Gasteiger partial charge in [0.15, 0.2) is 5.78 Å². The van der Waals surface area contributed by atoms with Crippen LogP contribution >= 0.6 is 0 Å². The molecule has 2 aromatic carbocycles. The number of carbonyl (C=O) groups excluding carboxylic acids is 1. The highest BCUT2D eigenvalue weighted by atomic mass is 19.1. The van der Waals surface area contributed by atoms with E-state index < -0.39 is 0 Å². The van der Waals surface area contributed by atoms with Crippen molar-refractivity contribution in [3.63, 3.8) is 0 Å². The molecule has 4 heteroatoms. The topological polar surface area (TPSA) is 35.5 Å². The zero-order chi connectivity index (χ0) is 14.4. The molecule has 0 fully saturated rings. The largest absolute Gasteiger partial charge is 0.497 e. The fourth-order valence-corrected chi connectivity index (χ4v) is 1.74. The molecular formula is C16H15FO3. The number of halogens is 1. The molecule has 0 bridgehead atoms. The lowest BCUT2D eigenvalue weighted by molar-refractivity contribution is 0.0726. The molecule has 0 aromatic heterocycles. The Morgan fingerprint density at radius 2 is 1.90 bits per heavy atom. The quantitative estimate of drug-likeness (QED) is 0.759. The third-order valence-electron chi connectivity index (χ3n) is 2.80. The van der Waals surface area contributed by atoms with Crippen molar-refractivity contribution in [2.75, 3.05) is 13.7 Å². The molecule has 0 saturated carbocycles. The van der Waals surface area contributed by atoms with E-state index in [9.17, 15) is 9.18 Å². The summed E-state index contributed by atoms with van der Waals surface area (Å²) in [5.41, 5.74) is 1.37. The van der Waals surface area contributed by atoms with Crippen LogP contribution in [0.25, 0.3) is 0 Å². The molecule has 2 aromatic rings. The van der Waals surface area contributed by atoms with E-state index in [0.717, 1.165) is 11.3 Å². The van der Waals surface area contributed by atoms with Gasteiger partial charge in [-0.15, -0.1) is 0 Å². The average Bonchev–Trinajstić information content (AvgIpc) is 2.48. The highest BCUT2D eigenvalue weighted by Crippen LogP contribution is 2.13. The molecule has 0 aliphatic heterocycles. The molecule has 0 N–H and O–H groups in total. The van der Waals surface area contributed by atoms with Crippen molar-refractivity contribution in [1.82, 2.24) is 0 Å². The summed E-state index contributed by atoms with van der Waals surface area (Å²) < 4.78 is 23.2. The van der Waals surface area contributed by atoms with Crippen LogP contribution in [0.4, 0.5) is 4.39 Å². The van der Waals surface area contributed by atoms with Crippen molar-refractivity contribution in [3.05, 3.63) is 65.5 Å². The summed E-state index contributed by atoms with van der Waals surface area (Å²) >= 11 is 0. The summed E-state index contributed by atoms with van der Waals surface area (Å²) in [6.45, 7) is 0.285. The lowest BCUT2D eigenvalue weighted by atomic mass is 10.1. The van der Waals surface area contributed by atoms with Crippen LogP contribution < -0.4 is 4.74 Å². The molecule has 20 heavy (non-hydrogen) atoms. The maximum absolute atomic E-state index is 12.7. The van der Waals surface area contributed by atoms with Gasteiger partial charge in [-0.05, 0) is 42.0 Å². The minimum atomic E-state index is -0.362. The van der Waals surface area contributed by atoms with E-state index in [0.29, 0.717) is 12.2 Å². The second kappa shape index (κ2) is 6.82. The van der Waals surface area contributed by atoms with Crippen molar-refractivity contribution in [1.29, 1.82) is 0 Å². The molecule has 0 amide bonds. The van der Waals surface area contributed by atoms with Gasteiger partial charge in [0.2, 0.25) is 0 Å². The number of hydrogen-bond donors (Lipinski definition) is 0. The van der Waals surface area contributed by atoms with Gasteiger partial charge in [-0.2, -0.15) is 0 Å². The Labute approximate surface area is 117 Å². The predicted molar refractivity (Wildman–Crippen MR) is 73.4 cm³/mol. The monoisotopic (exact) mass is 274 g/mol. The molecule has 3 nitrogen and oxygen atoms in total. The SMILES string of the molecule is COc1cccc(COCC(=O)c2ccc(F)cc2)c1. The van der Waals surface area contributed by atoms with E-state index in [2.05, 4.69) is 0 Å². The van der Waals surface area contributed by atoms with E-state index in [1.165, 1.54) is 24.3 Å². The second-order valence-electron chi connectivity index (χ2n) is 4.27. The van der Waals surface area contributed by atoms with Gasteiger partial charge < -0.3 is 9.47 Å². The van der Waals surface area contributed by atoms with Gasteiger partial charge in [0.1, 0.15) is 18.2 Å². The molecule has 0 aliphatic carbocycles. The van der Waals surface area contributed by atoms with Gasteiger partial charge >= 0.3 is 0 Å². The Morgan fingerprint density at radius 3 is 2.60 bits per heavy atom. The molecule has 0 radical (unpaired) electrons. The van der Waals surface area contributed by atoms with Gasteiger partial charge in [0.25, 0.3) is 0 Å². The van der Waals surface area contributed by atoms with Crippen LogP contribution in [-0.4, -0.2) is 19.5 Å². The zero-order valence-corrected chi connectivity index (χ0v) is 11.1. The molecule has 0 aliphatic rings. The average molecular weight is 274 g/mol. The number of rotatable bonds is 6. The van der Waals surface area contributed by atoms with Crippen molar-refractivity contribution >= 4 is 5.78 Å². The Balaban J connectivity index is 1.86. The minimum Gasteiger partial charge on any atom is -0.497 e. The molecule has 104 valence electrons. The Morgan fingerprint density at radius 1 is 1.15 bits per heavy atom. The number of methoxy groups -OCH3 is 1. The summed E-state index contributed by atoms with van der Waals surface area (Å²) in [7, 11) is 1.60. The van der Waals surface area contributed by atoms with Gasteiger partial charge in [0, 0.05) is 5.56 Å². The lowest BCUT2D eigenvalue weighted by Gasteiger charge is -2.06. The first kappa shape index (κ1) is 14.2. The van der Waals surface area contributed by atoms with Crippen LogP contribution in [0.15, 0.2) is 48.5 Å². The van der Waals surface area contributed by atoms with Crippen LogP contribution in [0.2, 0.25) is 0 Å². The Bertz CT molecular complexity index is 579. The van der Waals surface area contributed by atoms with Crippen LogP contribution in [-0.2, 0) is 11.3 Å². The first-order valence-electron chi connectivity index (χ1n) is 6.18. The highest BCUT2D eigenvalue weighted by Gasteiger charge is 2.06. The number of ketones is 1. The third kappa shape index (κ3) is 3.90. The standard InChI is InChI=1S/C16H15FO3/c1-19-15-4-2-3-12(9-15)10-20-11-16(18)13-5-7-14(17)8-6-13/h2-9H,10-11H2,1H3. The number of ether oxygens (including phenoxy) is 2. The molecular weight excluding hydrogens is 259 g/mol. The maximum atomic E-state index is 12.7. The van der Waals surface area contributed by atoms with Gasteiger partial charge in [-0.25, -0.2) is 4.39 Å². The second-order valence-corrected chi connectivity index (χ2v) is 4.27. The van der Waals surface area contributed by atoms with Crippen LogP contribution in [0.5, 0.6) is 5.75 Å². The third-order valence-corrected chi connectivity index (χ3v) is 2.80. The predicted octanol–water partition coefficient (Wildman–Crippen LogP) is 3.23. The highest BCUT2D eigenvalue weighted by molar-refractivity contribution is 5.97. The van der Waals surface area contributed by atoms with Gasteiger partial charge in [0.05, 0.1) is 13.7 Å². The van der Waals surface area contributed by atoms with Gasteiger partial charge in [-0.3, -0.25) is 4.79 Å². The molecule has 0 heterocycles. The number of Topliss-reactive ketones (excluding diaryl/α,β-unsaturated/α-hetero) is 1. The Kier molecular flexibility index (Phi) is 4.85. The maximum Gasteiger partial charge on any atom is 0.188 e. The lowest BCUT2D eigenvalue weighted by Crippen LogP contribution is -2.09. The molecule has 0 spiro atoms. The summed E-state index contributed by atoms with van der Waals surface area (Å²) in [4.78, 5) is 11.8. The van der Waals surface area contributed by atoms with E-state index in [1.54, 1.807) is 7.11 Å². The zero-order valence-electron chi connectivity index (χ0n) is 11.1. The summed E-state index contributed by atoms with van der Waals surface area (Å²) in [6, 6.07) is 12.9. The summed E-state index contributed by atoms with van der Waals surface area (Å²) in [5, 5.41) is 0. The van der Waals surface area contributed by atoms with Crippen molar-refractivity contribution in [2.45, 2.75) is 6.61 Å². The number of hydrogen-bond acceptors (Lipinski definition) is 3. The van der Waals surface area contributed by atoms with Crippen LogP contribution in [0, 0.1) is 5.82 Å². The smallest absolute Gasteiger partial charge is 0.188 e. The number of benzene rings is 2. The summed E-state index contributed by atoms with van der Waals surface area (Å²) in [6.07, 6.45) is 0. The fourth-order valence-electron chi connectivity index (χ4n) is 1.74. The van der Waals surface area contributed by atoms with E-state index in [4.69, 9.17) is 9.47 Å². The van der Waals surface area contributed by atoms with E-state index >= 15 is 0 Å². The van der Waals surface area contributed by atoms with Crippen LogP contribution in [0.3, 0.4) is 0 Å². The van der Waals surface area contributed by atoms with E-state index in [-0.39, 0.29) is 18.2 Å². The summed E-state index contributed by atoms with van der Waals surface area (Å²) in [5.74, 6) is 0.211. The molecule has 2 rings (SSSR count). The normalized spacial score (nSPS) is 10.3. The molecule has 0 saturated heterocycles. The number of carbonyl (C=O) groups is 1. The van der Waals surface area contributed by atoms with E-state index in [1.807, 2.05) is 24.3 Å². The first-order chi connectivity index (χ1) is 9.69. The van der Waals surface area contributed by atoms with Crippen molar-refractivity contribution in [2.24, 2.45) is 0 Å². The van der Waals surface area contributed by atoms with Crippen molar-refractivity contribution < 1.29 is 18.7 Å².